The summed E-state index contributed by atoms with van der Waals surface area (Å²) in [5, 5.41) is 0.716. The molecule has 0 bridgehead atoms. The van der Waals surface area contributed by atoms with Crippen LogP contribution in [0.5, 0.6) is 0 Å². The number of hydrogen-bond donors (Lipinski definition) is 2. The number of nitrogens with one attached hydrogen (secondary N) is 1. The molecule has 5 heteroatoms. The third-order valence-electron chi connectivity index (χ3n) is 2.75. The maximum absolute atomic E-state index is 5.87. The number of hydrazine groups is 1. The van der Waals surface area contributed by atoms with Crippen LogP contribution in [0.2, 0.25) is 5.02 Å². The first-order valence-electron chi connectivity index (χ1n) is 5.68. The van der Waals surface area contributed by atoms with Crippen LogP contribution in [0.4, 0.5) is 0 Å². The van der Waals surface area contributed by atoms with Gasteiger partial charge in [-0.25, -0.2) is 9.97 Å². The first kappa shape index (κ1) is 13.0. The van der Waals surface area contributed by atoms with Crippen molar-refractivity contribution in [1.82, 2.24) is 15.4 Å². The average molecular weight is 263 g/mol. The van der Waals surface area contributed by atoms with Crippen LogP contribution in [0, 0.1) is 6.92 Å². The molecule has 2 rings (SSSR count). The van der Waals surface area contributed by atoms with E-state index >= 15 is 0 Å². The summed E-state index contributed by atoms with van der Waals surface area (Å²) in [7, 11) is 0. The molecular formula is C13H15ClN4. The highest BCUT2D eigenvalue weighted by Crippen LogP contribution is 2.19. The second-order valence-corrected chi connectivity index (χ2v) is 4.55. The van der Waals surface area contributed by atoms with Gasteiger partial charge in [-0.3, -0.25) is 11.3 Å². The number of hydrogen-bond acceptors (Lipinski definition) is 4. The van der Waals surface area contributed by atoms with E-state index in [4.69, 9.17) is 17.4 Å². The normalized spacial score (nSPS) is 12.4. The molecule has 0 amide bonds. The maximum atomic E-state index is 5.87. The Morgan fingerprint density at radius 2 is 1.83 bits per heavy atom. The van der Waals surface area contributed by atoms with Crippen LogP contribution in [-0.2, 0) is 6.42 Å². The Morgan fingerprint density at radius 1 is 1.22 bits per heavy atom. The van der Waals surface area contributed by atoms with Crippen LogP contribution >= 0.6 is 11.6 Å². The molecule has 1 aromatic heterocycles. The van der Waals surface area contributed by atoms with Gasteiger partial charge in [-0.05, 0) is 36.6 Å². The summed E-state index contributed by atoms with van der Waals surface area (Å²) in [6.45, 7) is 1.86. The SMILES string of the molecule is Cc1ncc(CC(NN)c2ccc(Cl)cc2)cn1. The van der Waals surface area contributed by atoms with Gasteiger partial charge in [-0.15, -0.1) is 0 Å². The Bertz CT molecular complexity index is 495. The van der Waals surface area contributed by atoms with Crippen LogP contribution in [0.3, 0.4) is 0 Å². The molecule has 0 saturated heterocycles. The van der Waals surface area contributed by atoms with E-state index in [1.54, 1.807) is 0 Å². The highest BCUT2D eigenvalue weighted by Gasteiger charge is 2.10. The number of aryl methyl sites for hydroxylation is 1. The maximum Gasteiger partial charge on any atom is 0.125 e. The zero-order chi connectivity index (χ0) is 13.0. The zero-order valence-electron chi connectivity index (χ0n) is 10.1. The Hall–Kier alpha value is -1.49. The molecule has 3 N–H and O–H groups in total. The van der Waals surface area contributed by atoms with Crippen LogP contribution < -0.4 is 11.3 Å². The number of aromatic nitrogens is 2. The van der Waals surface area contributed by atoms with E-state index in [2.05, 4.69) is 15.4 Å². The molecule has 1 heterocycles. The zero-order valence-corrected chi connectivity index (χ0v) is 10.9. The van der Waals surface area contributed by atoms with E-state index in [0.717, 1.165) is 23.4 Å². The summed E-state index contributed by atoms with van der Waals surface area (Å²) < 4.78 is 0. The predicted octanol–water partition coefficient (Wildman–Crippen LogP) is 2.19. The summed E-state index contributed by atoms with van der Waals surface area (Å²) in [4.78, 5) is 8.35. The lowest BCUT2D eigenvalue weighted by atomic mass is 10.0. The molecule has 4 nitrogen and oxygen atoms in total. The summed E-state index contributed by atoms with van der Waals surface area (Å²) in [6, 6.07) is 7.65. The second kappa shape index (κ2) is 5.91. The monoisotopic (exact) mass is 262 g/mol. The quantitative estimate of drug-likeness (QED) is 0.655. The fraction of sp³-hybridized carbons (Fsp3) is 0.231. The lowest BCUT2D eigenvalue weighted by Gasteiger charge is -2.16. The molecule has 1 atom stereocenters. The van der Waals surface area contributed by atoms with Crippen LogP contribution in [0.15, 0.2) is 36.7 Å². The lowest BCUT2D eigenvalue weighted by Crippen LogP contribution is -2.29. The summed E-state index contributed by atoms with van der Waals surface area (Å²) in [5.41, 5.74) is 4.93. The minimum absolute atomic E-state index is 0.0218. The number of benzene rings is 1. The number of rotatable bonds is 4. The first-order valence-corrected chi connectivity index (χ1v) is 6.06. The molecule has 18 heavy (non-hydrogen) atoms. The largest absolute Gasteiger partial charge is 0.271 e. The summed E-state index contributed by atoms with van der Waals surface area (Å²) in [5.74, 6) is 6.36. The molecular weight excluding hydrogens is 248 g/mol. The van der Waals surface area contributed by atoms with Gasteiger partial charge in [0.15, 0.2) is 0 Å². The van der Waals surface area contributed by atoms with Crippen molar-refractivity contribution in [3.05, 3.63) is 58.6 Å². The van der Waals surface area contributed by atoms with Crippen molar-refractivity contribution in [3.63, 3.8) is 0 Å². The molecule has 0 saturated carbocycles. The Labute approximate surface area is 111 Å². The van der Waals surface area contributed by atoms with Gasteiger partial charge in [-0.1, -0.05) is 23.7 Å². The van der Waals surface area contributed by atoms with Crippen LogP contribution in [0.1, 0.15) is 23.0 Å². The minimum atomic E-state index is 0.0218. The van der Waals surface area contributed by atoms with Gasteiger partial charge in [0.05, 0.1) is 6.04 Å². The molecule has 0 fully saturated rings. The average Bonchev–Trinajstić information content (AvgIpc) is 2.39. The molecule has 0 radical (unpaired) electrons. The molecule has 0 aliphatic heterocycles. The fourth-order valence-corrected chi connectivity index (χ4v) is 1.85. The molecule has 0 aliphatic carbocycles. The molecule has 0 aliphatic rings. The van der Waals surface area contributed by atoms with Crippen LogP contribution in [-0.4, -0.2) is 9.97 Å². The molecule has 0 spiro atoms. The topological polar surface area (TPSA) is 63.8 Å². The van der Waals surface area contributed by atoms with E-state index in [9.17, 15) is 0 Å². The van der Waals surface area contributed by atoms with Gasteiger partial charge in [0.2, 0.25) is 0 Å². The highest BCUT2D eigenvalue weighted by molar-refractivity contribution is 6.30. The second-order valence-electron chi connectivity index (χ2n) is 4.11. The Morgan fingerprint density at radius 3 is 2.39 bits per heavy atom. The van der Waals surface area contributed by atoms with Crippen molar-refractivity contribution < 1.29 is 0 Å². The Kier molecular flexibility index (Phi) is 4.25. The van der Waals surface area contributed by atoms with Crippen molar-refractivity contribution in [2.45, 2.75) is 19.4 Å². The van der Waals surface area contributed by atoms with Crippen molar-refractivity contribution in [2.75, 3.05) is 0 Å². The van der Waals surface area contributed by atoms with Gasteiger partial charge in [0.1, 0.15) is 5.82 Å². The number of nitrogens with zero attached hydrogens (tertiary/aromatic N) is 2. The van der Waals surface area contributed by atoms with Crippen LogP contribution in [0.25, 0.3) is 0 Å². The Balaban J connectivity index is 2.14. The third kappa shape index (κ3) is 3.26. The van der Waals surface area contributed by atoms with Crippen molar-refractivity contribution in [3.8, 4) is 0 Å². The van der Waals surface area contributed by atoms with E-state index < -0.39 is 0 Å². The van der Waals surface area contributed by atoms with E-state index in [0.29, 0.717) is 5.02 Å². The van der Waals surface area contributed by atoms with Gasteiger partial charge >= 0.3 is 0 Å². The van der Waals surface area contributed by atoms with Gasteiger partial charge in [0.25, 0.3) is 0 Å². The first-order chi connectivity index (χ1) is 8.69. The molecule has 2 aromatic rings. The predicted molar refractivity (Wildman–Crippen MR) is 72.0 cm³/mol. The molecule has 1 unspecified atom stereocenters. The third-order valence-corrected chi connectivity index (χ3v) is 3.00. The smallest absolute Gasteiger partial charge is 0.125 e. The number of nitrogens with two attached hydrogens (primary N) is 1. The summed E-state index contributed by atoms with van der Waals surface area (Å²) >= 11 is 5.87. The molecule has 94 valence electrons. The van der Waals surface area contributed by atoms with Gasteiger partial charge < -0.3 is 0 Å². The van der Waals surface area contributed by atoms with Crippen molar-refractivity contribution >= 4 is 11.6 Å². The highest BCUT2D eigenvalue weighted by atomic mass is 35.5. The fourth-order valence-electron chi connectivity index (χ4n) is 1.73. The standard InChI is InChI=1S/C13H15ClN4/c1-9-16-7-10(8-17-9)6-13(18-15)11-2-4-12(14)5-3-11/h2-5,7-8,13,18H,6,15H2,1H3. The van der Waals surface area contributed by atoms with Gasteiger partial charge in [-0.2, -0.15) is 0 Å². The van der Waals surface area contributed by atoms with E-state index in [1.165, 1.54) is 0 Å². The summed E-state index contributed by atoms with van der Waals surface area (Å²) in [6.07, 6.45) is 4.38. The van der Waals surface area contributed by atoms with Gasteiger partial charge in [0, 0.05) is 17.4 Å². The minimum Gasteiger partial charge on any atom is -0.271 e. The van der Waals surface area contributed by atoms with E-state index in [1.807, 2.05) is 43.6 Å². The van der Waals surface area contributed by atoms with E-state index in [-0.39, 0.29) is 6.04 Å². The lowest BCUT2D eigenvalue weighted by molar-refractivity contribution is 0.550. The number of halogens is 1. The van der Waals surface area contributed by atoms with Crippen molar-refractivity contribution in [2.24, 2.45) is 5.84 Å². The van der Waals surface area contributed by atoms with Crippen molar-refractivity contribution in [1.29, 1.82) is 0 Å². The molecule has 1 aromatic carbocycles.